The Morgan fingerprint density at radius 3 is 2.69 bits per heavy atom. The van der Waals surface area contributed by atoms with Crippen LogP contribution in [0.2, 0.25) is 5.02 Å². The highest BCUT2D eigenvalue weighted by Crippen LogP contribution is 2.48. The molecule has 4 nitrogen and oxygen atoms in total. The molecule has 16 heavy (non-hydrogen) atoms. The molecule has 0 amide bonds. The second kappa shape index (κ2) is 4.03. The van der Waals surface area contributed by atoms with Gasteiger partial charge >= 0.3 is 0 Å². The summed E-state index contributed by atoms with van der Waals surface area (Å²) in [5, 5.41) is 11.4. The molecule has 0 spiro atoms. The fourth-order valence-corrected chi connectivity index (χ4v) is 2.10. The number of nitrogens with zero attached hydrogens (tertiary/aromatic N) is 1. The van der Waals surface area contributed by atoms with E-state index in [0.29, 0.717) is 23.6 Å². The third-order valence-electron chi connectivity index (χ3n) is 3.19. The summed E-state index contributed by atoms with van der Waals surface area (Å²) in [6.07, 6.45) is 2.75. The van der Waals surface area contributed by atoms with E-state index in [4.69, 9.17) is 17.3 Å². The number of hydrogen-bond acceptors (Lipinski definition) is 3. The fourth-order valence-electron chi connectivity index (χ4n) is 1.91. The molecule has 0 aliphatic heterocycles. The average molecular weight is 241 g/mol. The number of rotatable bonds is 4. The summed E-state index contributed by atoms with van der Waals surface area (Å²) in [5.74, 6) is 0. The van der Waals surface area contributed by atoms with Crippen molar-refractivity contribution < 1.29 is 4.92 Å². The Kier molecular flexibility index (Phi) is 2.86. The van der Waals surface area contributed by atoms with Crippen molar-refractivity contribution in [3.8, 4) is 0 Å². The van der Waals surface area contributed by atoms with Gasteiger partial charge in [-0.05, 0) is 43.4 Å². The maximum Gasteiger partial charge on any atom is 0.272 e. The third-order valence-corrected chi connectivity index (χ3v) is 3.43. The molecule has 2 rings (SSSR count). The van der Waals surface area contributed by atoms with Crippen LogP contribution in [0.5, 0.6) is 0 Å². The van der Waals surface area contributed by atoms with Crippen LogP contribution >= 0.6 is 11.6 Å². The lowest BCUT2D eigenvalue weighted by Gasteiger charge is -2.12. The normalized spacial score (nSPS) is 17.1. The Balaban J connectivity index is 2.31. The molecular formula is C11H13ClN2O2. The van der Waals surface area contributed by atoms with Crippen LogP contribution in [-0.4, -0.2) is 11.5 Å². The molecule has 0 radical (unpaired) electrons. The van der Waals surface area contributed by atoms with Crippen molar-refractivity contribution in [2.24, 2.45) is 11.1 Å². The molecule has 1 aromatic carbocycles. The number of nitrogens with two attached hydrogens (primary N) is 1. The summed E-state index contributed by atoms with van der Waals surface area (Å²) >= 11 is 5.86. The first-order chi connectivity index (χ1) is 7.56. The molecule has 1 aliphatic carbocycles. The van der Waals surface area contributed by atoms with Gasteiger partial charge in [0.25, 0.3) is 5.69 Å². The van der Waals surface area contributed by atoms with E-state index in [0.717, 1.165) is 12.8 Å². The molecule has 0 aromatic heterocycles. The smallest absolute Gasteiger partial charge is 0.272 e. The molecule has 0 atom stereocenters. The summed E-state index contributed by atoms with van der Waals surface area (Å²) in [4.78, 5) is 10.5. The molecule has 1 aliphatic rings. The summed E-state index contributed by atoms with van der Waals surface area (Å²) < 4.78 is 0. The molecule has 1 fully saturated rings. The molecule has 0 heterocycles. The Morgan fingerprint density at radius 1 is 1.50 bits per heavy atom. The number of halogens is 1. The maximum absolute atomic E-state index is 10.9. The number of hydrogen-bond donors (Lipinski definition) is 1. The minimum absolute atomic E-state index is 0.0788. The van der Waals surface area contributed by atoms with E-state index in [2.05, 4.69) is 0 Å². The van der Waals surface area contributed by atoms with Gasteiger partial charge in [-0.25, -0.2) is 0 Å². The largest absolute Gasteiger partial charge is 0.330 e. The predicted molar refractivity (Wildman–Crippen MR) is 62.5 cm³/mol. The minimum atomic E-state index is -0.363. The van der Waals surface area contributed by atoms with Crippen molar-refractivity contribution in [3.63, 3.8) is 0 Å². The fraction of sp³-hybridized carbons (Fsp3) is 0.455. The first-order valence-electron chi connectivity index (χ1n) is 5.19. The molecule has 0 saturated heterocycles. The average Bonchev–Trinajstić information content (AvgIpc) is 2.98. The van der Waals surface area contributed by atoms with E-state index in [1.165, 1.54) is 6.07 Å². The Morgan fingerprint density at radius 2 is 2.19 bits per heavy atom. The SMILES string of the molecule is NCC1(Cc2cc(Cl)ccc2[N+](=O)[O-])CC1. The third kappa shape index (κ3) is 2.18. The van der Waals surface area contributed by atoms with Crippen LogP contribution < -0.4 is 5.73 Å². The number of benzene rings is 1. The monoisotopic (exact) mass is 240 g/mol. The van der Waals surface area contributed by atoms with E-state index < -0.39 is 0 Å². The predicted octanol–water partition coefficient (Wildman–Crippen LogP) is 2.53. The molecule has 86 valence electrons. The second-order valence-electron chi connectivity index (χ2n) is 4.41. The summed E-state index contributed by atoms with van der Waals surface area (Å²) in [7, 11) is 0. The lowest BCUT2D eigenvalue weighted by atomic mass is 9.95. The van der Waals surface area contributed by atoms with Crippen LogP contribution in [0.25, 0.3) is 0 Å². The van der Waals surface area contributed by atoms with Gasteiger partial charge in [0.2, 0.25) is 0 Å². The van der Waals surface area contributed by atoms with Gasteiger partial charge in [0.05, 0.1) is 4.92 Å². The lowest BCUT2D eigenvalue weighted by molar-refractivity contribution is -0.385. The zero-order valence-electron chi connectivity index (χ0n) is 8.78. The molecule has 0 bridgehead atoms. The van der Waals surface area contributed by atoms with Crippen molar-refractivity contribution in [1.82, 2.24) is 0 Å². The van der Waals surface area contributed by atoms with Crippen molar-refractivity contribution in [2.45, 2.75) is 19.3 Å². The lowest BCUT2D eigenvalue weighted by Crippen LogP contribution is -2.18. The van der Waals surface area contributed by atoms with Crippen molar-refractivity contribution in [1.29, 1.82) is 0 Å². The molecule has 1 aromatic rings. The molecule has 1 saturated carbocycles. The van der Waals surface area contributed by atoms with Crippen LogP contribution in [0.15, 0.2) is 18.2 Å². The Labute approximate surface area is 98.5 Å². The van der Waals surface area contributed by atoms with Crippen molar-refractivity contribution in [2.75, 3.05) is 6.54 Å². The van der Waals surface area contributed by atoms with Gasteiger partial charge < -0.3 is 5.73 Å². The van der Waals surface area contributed by atoms with Gasteiger partial charge in [-0.1, -0.05) is 11.6 Å². The molecule has 0 unspecified atom stereocenters. The van der Waals surface area contributed by atoms with Crippen LogP contribution in [0, 0.1) is 15.5 Å². The maximum atomic E-state index is 10.9. The topological polar surface area (TPSA) is 69.2 Å². The Bertz CT molecular complexity index is 430. The zero-order valence-corrected chi connectivity index (χ0v) is 9.54. The van der Waals surface area contributed by atoms with Crippen LogP contribution in [0.3, 0.4) is 0 Å². The van der Waals surface area contributed by atoms with E-state index in [1.54, 1.807) is 12.1 Å². The van der Waals surface area contributed by atoms with E-state index in [1.807, 2.05) is 0 Å². The second-order valence-corrected chi connectivity index (χ2v) is 4.85. The van der Waals surface area contributed by atoms with Gasteiger partial charge in [0.15, 0.2) is 0 Å². The van der Waals surface area contributed by atoms with Crippen LogP contribution in [0.4, 0.5) is 5.69 Å². The molecule has 2 N–H and O–H groups in total. The zero-order chi connectivity index (χ0) is 11.8. The van der Waals surface area contributed by atoms with Gasteiger partial charge in [-0.2, -0.15) is 0 Å². The number of nitro benzene ring substituents is 1. The standard InChI is InChI=1S/C11H13ClN2O2/c12-9-1-2-10(14(15)16)8(5-9)6-11(7-13)3-4-11/h1-2,5H,3-4,6-7,13H2. The van der Waals surface area contributed by atoms with Gasteiger partial charge in [-0.15, -0.1) is 0 Å². The molecular weight excluding hydrogens is 228 g/mol. The van der Waals surface area contributed by atoms with Crippen LogP contribution in [0.1, 0.15) is 18.4 Å². The van der Waals surface area contributed by atoms with Crippen molar-refractivity contribution in [3.05, 3.63) is 38.9 Å². The van der Waals surface area contributed by atoms with Crippen LogP contribution in [-0.2, 0) is 6.42 Å². The highest BCUT2D eigenvalue weighted by molar-refractivity contribution is 6.30. The van der Waals surface area contributed by atoms with Gasteiger partial charge in [0, 0.05) is 16.7 Å². The Hall–Kier alpha value is -1.13. The van der Waals surface area contributed by atoms with E-state index in [9.17, 15) is 10.1 Å². The first kappa shape index (κ1) is 11.4. The quantitative estimate of drug-likeness (QED) is 0.650. The summed E-state index contributed by atoms with van der Waals surface area (Å²) in [6, 6.07) is 4.69. The minimum Gasteiger partial charge on any atom is -0.330 e. The molecule has 5 heteroatoms. The summed E-state index contributed by atoms with van der Waals surface area (Å²) in [6.45, 7) is 0.580. The van der Waals surface area contributed by atoms with E-state index >= 15 is 0 Å². The summed E-state index contributed by atoms with van der Waals surface area (Å²) in [5.41, 5.74) is 6.59. The number of nitro groups is 1. The van der Waals surface area contributed by atoms with Gasteiger partial charge in [-0.3, -0.25) is 10.1 Å². The highest BCUT2D eigenvalue weighted by Gasteiger charge is 2.42. The first-order valence-corrected chi connectivity index (χ1v) is 5.57. The van der Waals surface area contributed by atoms with Gasteiger partial charge in [0.1, 0.15) is 0 Å². The highest BCUT2D eigenvalue weighted by atomic mass is 35.5. The van der Waals surface area contributed by atoms with Crippen molar-refractivity contribution >= 4 is 17.3 Å². The van der Waals surface area contributed by atoms with E-state index in [-0.39, 0.29) is 16.0 Å².